The molecule has 1 aromatic heterocycles. The molecule has 0 amide bonds. The Bertz CT molecular complexity index is 1330. The number of carboxylic acid groups (broad SMARTS) is 1. The third-order valence-electron chi connectivity index (χ3n) is 4.81. The first kappa shape index (κ1) is 19.6. The number of carbonyl (C=O) groups is 1. The molecule has 0 aliphatic rings. The van der Waals surface area contributed by atoms with Crippen molar-refractivity contribution in [2.24, 2.45) is 0 Å². The quantitative estimate of drug-likeness (QED) is 0.393. The van der Waals surface area contributed by atoms with Crippen molar-refractivity contribution in [1.29, 1.82) is 0 Å². The number of aromatic amines is 1. The van der Waals surface area contributed by atoms with E-state index in [1.54, 1.807) is 30.5 Å². The van der Waals surface area contributed by atoms with Gasteiger partial charge in [-0.25, -0.2) is 8.42 Å². The van der Waals surface area contributed by atoms with Crippen molar-refractivity contribution in [3.8, 4) is 0 Å². The van der Waals surface area contributed by atoms with Crippen LogP contribution in [0.2, 0.25) is 0 Å². The van der Waals surface area contributed by atoms with Gasteiger partial charge in [0.2, 0.25) is 10.0 Å². The largest absolute Gasteiger partial charge is 0.480 e. The number of nitrogens with one attached hydrogen (secondary N) is 2. The van der Waals surface area contributed by atoms with Crippen LogP contribution >= 0.6 is 15.9 Å². The predicted octanol–water partition coefficient (Wildman–Crippen LogP) is 4.06. The average molecular weight is 473 g/mol. The second-order valence-corrected chi connectivity index (χ2v) is 9.20. The smallest absolute Gasteiger partial charge is 0.322 e. The monoisotopic (exact) mass is 472 g/mol. The van der Waals surface area contributed by atoms with E-state index in [-0.39, 0.29) is 11.3 Å². The van der Waals surface area contributed by atoms with Crippen LogP contribution in [0.3, 0.4) is 0 Å². The Kier molecular flexibility index (Phi) is 5.16. The Hall–Kier alpha value is -2.68. The maximum absolute atomic E-state index is 13.1. The van der Waals surface area contributed by atoms with Gasteiger partial charge in [-0.1, -0.05) is 58.4 Å². The molecule has 3 N–H and O–H groups in total. The number of aliphatic carboxylic acids is 1. The van der Waals surface area contributed by atoms with E-state index in [0.717, 1.165) is 26.3 Å². The van der Waals surface area contributed by atoms with Crippen molar-refractivity contribution in [3.05, 3.63) is 76.9 Å². The van der Waals surface area contributed by atoms with Gasteiger partial charge >= 0.3 is 5.97 Å². The number of halogens is 1. The number of para-hydroxylation sites is 1. The summed E-state index contributed by atoms with van der Waals surface area (Å²) in [5.74, 6) is -1.24. The molecule has 148 valence electrons. The lowest BCUT2D eigenvalue weighted by Gasteiger charge is -2.16. The molecule has 0 fully saturated rings. The van der Waals surface area contributed by atoms with Crippen molar-refractivity contribution in [2.45, 2.75) is 17.4 Å². The number of benzene rings is 3. The van der Waals surface area contributed by atoms with Gasteiger partial charge in [-0.15, -0.1) is 0 Å². The summed E-state index contributed by atoms with van der Waals surface area (Å²) in [6.45, 7) is 0. The van der Waals surface area contributed by atoms with Crippen molar-refractivity contribution < 1.29 is 18.3 Å². The lowest BCUT2D eigenvalue weighted by Crippen LogP contribution is -2.42. The van der Waals surface area contributed by atoms with Gasteiger partial charge in [-0.05, 0) is 29.1 Å². The first-order valence-corrected chi connectivity index (χ1v) is 11.1. The van der Waals surface area contributed by atoms with Gasteiger partial charge in [-0.2, -0.15) is 4.72 Å². The minimum absolute atomic E-state index is 0.0209. The fourth-order valence-corrected chi connectivity index (χ4v) is 5.30. The highest BCUT2D eigenvalue weighted by atomic mass is 79.9. The third-order valence-corrected chi connectivity index (χ3v) is 7.04. The first-order chi connectivity index (χ1) is 13.9. The summed E-state index contributed by atoms with van der Waals surface area (Å²) in [5, 5.41) is 11.8. The summed E-state index contributed by atoms with van der Waals surface area (Å²) in [6, 6.07) is 16.4. The van der Waals surface area contributed by atoms with E-state index in [0.29, 0.717) is 5.39 Å². The van der Waals surface area contributed by atoms with Crippen molar-refractivity contribution >= 4 is 53.6 Å². The van der Waals surface area contributed by atoms with E-state index in [1.807, 2.05) is 30.3 Å². The molecule has 0 bridgehead atoms. The first-order valence-electron chi connectivity index (χ1n) is 8.84. The minimum atomic E-state index is -4.07. The zero-order chi connectivity index (χ0) is 20.6. The maximum atomic E-state index is 13.1. The third kappa shape index (κ3) is 3.78. The molecule has 8 heteroatoms. The highest BCUT2D eigenvalue weighted by Crippen LogP contribution is 2.29. The predicted molar refractivity (Wildman–Crippen MR) is 115 cm³/mol. The van der Waals surface area contributed by atoms with Crippen LogP contribution in [0, 0.1) is 0 Å². The number of carboxylic acids is 1. The molecule has 1 atom stereocenters. The van der Waals surface area contributed by atoms with E-state index < -0.39 is 22.0 Å². The number of hydrogen-bond donors (Lipinski definition) is 3. The van der Waals surface area contributed by atoms with Gasteiger partial charge in [0.15, 0.2) is 0 Å². The lowest BCUT2D eigenvalue weighted by molar-refractivity contribution is -0.138. The molecular weight excluding hydrogens is 456 g/mol. The number of sulfonamides is 1. The lowest BCUT2D eigenvalue weighted by atomic mass is 10.1. The number of aromatic nitrogens is 1. The molecule has 0 saturated carbocycles. The molecule has 0 radical (unpaired) electrons. The SMILES string of the molecule is O=C(O)C(Cc1c[nH]c2ccccc12)NS(=O)(=O)c1ccc(Br)c2ccccc12. The molecule has 0 spiro atoms. The van der Waals surface area contributed by atoms with Crippen LogP contribution in [0.4, 0.5) is 0 Å². The van der Waals surface area contributed by atoms with Gasteiger partial charge in [0.1, 0.15) is 6.04 Å². The van der Waals surface area contributed by atoms with Crippen LogP contribution in [0.5, 0.6) is 0 Å². The maximum Gasteiger partial charge on any atom is 0.322 e. The highest BCUT2D eigenvalue weighted by molar-refractivity contribution is 9.10. The molecule has 4 rings (SSSR count). The van der Waals surface area contributed by atoms with Crippen molar-refractivity contribution in [1.82, 2.24) is 9.71 Å². The summed E-state index contributed by atoms with van der Waals surface area (Å²) in [4.78, 5) is 15.0. The average Bonchev–Trinajstić information content (AvgIpc) is 3.10. The normalized spacial score (nSPS) is 13.0. The Labute approximate surface area is 175 Å². The zero-order valence-corrected chi connectivity index (χ0v) is 17.5. The Morgan fingerprint density at radius 3 is 2.38 bits per heavy atom. The second-order valence-electron chi connectivity index (χ2n) is 6.67. The fourth-order valence-electron chi connectivity index (χ4n) is 3.42. The van der Waals surface area contributed by atoms with Gasteiger partial charge < -0.3 is 10.1 Å². The summed E-state index contributed by atoms with van der Waals surface area (Å²) >= 11 is 3.42. The van der Waals surface area contributed by atoms with E-state index in [4.69, 9.17) is 0 Å². The molecule has 4 aromatic rings. The van der Waals surface area contributed by atoms with E-state index in [1.165, 1.54) is 6.07 Å². The highest BCUT2D eigenvalue weighted by Gasteiger charge is 2.28. The molecule has 0 saturated heterocycles. The molecule has 29 heavy (non-hydrogen) atoms. The molecule has 6 nitrogen and oxygen atoms in total. The minimum Gasteiger partial charge on any atom is -0.480 e. The van der Waals surface area contributed by atoms with Crippen molar-refractivity contribution in [2.75, 3.05) is 0 Å². The van der Waals surface area contributed by atoms with Crippen LogP contribution in [-0.2, 0) is 21.2 Å². The van der Waals surface area contributed by atoms with Crippen LogP contribution in [0.15, 0.2) is 76.2 Å². The summed E-state index contributed by atoms with van der Waals surface area (Å²) in [6.07, 6.45) is 1.73. The van der Waals surface area contributed by atoms with Gasteiger partial charge in [0.25, 0.3) is 0 Å². The second kappa shape index (κ2) is 7.62. The Morgan fingerprint density at radius 2 is 1.66 bits per heavy atom. The molecule has 1 heterocycles. The standard InChI is InChI=1S/C21H17BrN2O4S/c22-17-9-10-20(16-7-2-1-6-15(16)17)29(27,28)24-19(21(25)26)11-13-12-23-18-8-4-3-5-14(13)18/h1-10,12,19,23-24H,11H2,(H,25,26). The summed E-state index contributed by atoms with van der Waals surface area (Å²) in [7, 11) is -4.07. The fraction of sp³-hybridized carbons (Fsp3) is 0.0952. The van der Waals surface area contributed by atoms with E-state index in [9.17, 15) is 18.3 Å². The molecule has 1 unspecified atom stereocenters. The Balaban J connectivity index is 1.70. The topological polar surface area (TPSA) is 99.3 Å². The van der Waals surface area contributed by atoms with Crippen molar-refractivity contribution in [3.63, 3.8) is 0 Å². The number of hydrogen-bond acceptors (Lipinski definition) is 3. The number of rotatable bonds is 6. The molecule has 3 aromatic carbocycles. The van der Waals surface area contributed by atoms with E-state index >= 15 is 0 Å². The molecular formula is C21H17BrN2O4S. The summed E-state index contributed by atoms with van der Waals surface area (Å²) in [5.41, 5.74) is 1.60. The van der Waals surface area contributed by atoms with Crippen LogP contribution in [0.25, 0.3) is 21.7 Å². The summed E-state index contributed by atoms with van der Waals surface area (Å²) < 4.78 is 29.3. The molecule has 0 aliphatic heterocycles. The zero-order valence-electron chi connectivity index (χ0n) is 15.1. The van der Waals surface area contributed by atoms with Gasteiger partial charge in [-0.3, -0.25) is 4.79 Å². The van der Waals surface area contributed by atoms with Crippen LogP contribution < -0.4 is 4.72 Å². The number of fused-ring (bicyclic) bond motifs is 2. The van der Waals surface area contributed by atoms with Crippen LogP contribution in [-0.4, -0.2) is 30.5 Å². The Morgan fingerprint density at radius 1 is 1.00 bits per heavy atom. The van der Waals surface area contributed by atoms with Crippen LogP contribution in [0.1, 0.15) is 5.56 Å². The van der Waals surface area contributed by atoms with Gasteiger partial charge in [0, 0.05) is 33.4 Å². The van der Waals surface area contributed by atoms with Gasteiger partial charge in [0.05, 0.1) is 4.90 Å². The van der Waals surface area contributed by atoms with E-state index in [2.05, 4.69) is 25.6 Å². The molecule has 0 aliphatic carbocycles. The number of H-pyrrole nitrogens is 1.